The van der Waals surface area contributed by atoms with Crippen molar-refractivity contribution < 1.29 is 18.3 Å². The van der Waals surface area contributed by atoms with Gasteiger partial charge in [0.25, 0.3) is 5.92 Å². The van der Waals surface area contributed by atoms with Crippen LogP contribution in [0.25, 0.3) is 0 Å². The second-order valence-corrected chi connectivity index (χ2v) is 4.21. The summed E-state index contributed by atoms with van der Waals surface area (Å²) in [5.41, 5.74) is 0. The van der Waals surface area contributed by atoms with Gasteiger partial charge >= 0.3 is 5.97 Å². The molecule has 1 saturated heterocycles. The molecule has 3 nitrogen and oxygen atoms in total. The molecule has 1 heterocycles. The standard InChI is InChI=1S/C10H15F2NO2/c1-2-15-9(14)8-6-3-4-10(11,12)7(6)5-13-8/h6-8,13H,2-5H2,1H3. The maximum absolute atomic E-state index is 13.3. The predicted molar refractivity (Wildman–Crippen MR) is 49.6 cm³/mol. The summed E-state index contributed by atoms with van der Waals surface area (Å²) < 4.78 is 31.5. The molecule has 5 heteroatoms. The van der Waals surface area contributed by atoms with E-state index in [9.17, 15) is 13.6 Å². The van der Waals surface area contributed by atoms with E-state index >= 15 is 0 Å². The molecule has 1 aliphatic carbocycles. The zero-order valence-electron chi connectivity index (χ0n) is 8.63. The van der Waals surface area contributed by atoms with E-state index < -0.39 is 17.9 Å². The summed E-state index contributed by atoms with van der Waals surface area (Å²) in [6.45, 7) is 2.24. The van der Waals surface area contributed by atoms with Crippen molar-refractivity contribution >= 4 is 5.97 Å². The molecule has 0 radical (unpaired) electrons. The van der Waals surface area contributed by atoms with Crippen LogP contribution in [-0.4, -0.2) is 31.1 Å². The highest BCUT2D eigenvalue weighted by Crippen LogP contribution is 2.48. The normalized spacial score (nSPS) is 37.7. The summed E-state index contributed by atoms with van der Waals surface area (Å²) >= 11 is 0. The quantitative estimate of drug-likeness (QED) is 0.709. The van der Waals surface area contributed by atoms with Gasteiger partial charge in [0.2, 0.25) is 0 Å². The topological polar surface area (TPSA) is 38.3 Å². The van der Waals surface area contributed by atoms with E-state index in [1.807, 2.05) is 0 Å². The molecule has 2 fully saturated rings. The molecule has 3 unspecified atom stereocenters. The maximum atomic E-state index is 13.3. The lowest BCUT2D eigenvalue weighted by Gasteiger charge is -2.17. The number of nitrogens with one attached hydrogen (secondary N) is 1. The first-order valence-corrected chi connectivity index (χ1v) is 5.34. The van der Waals surface area contributed by atoms with Crippen molar-refractivity contribution in [3.05, 3.63) is 0 Å². The molecule has 0 aromatic carbocycles. The zero-order chi connectivity index (χ0) is 11.1. The summed E-state index contributed by atoms with van der Waals surface area (Å²) in [6, 6.07) is -0.525. The van der Waals surface area contributed by atoms with Crippen LogP contribution in [0.2, 0.25) is 0 Å². The Balaban J connectivity index is 2.05. The lowest BCUT2D eigenvalue weighted by molar-refractivity contribution is -0.146. The van der Waals surface area contributed by atoms with Crippen molar-refractivity contribution in [1.29, 1.82) is 0 Å². The molecule has 0 amide bonds. The molecule has 0 aromatic rings. The second kappa shape index (κ2) is 3.70. The Bertz CT molecular complexity index is 270. The molecule has 3 atom stereocenters. The molecule has 2 rings (SSSR count). The largest absolute Gasteiger partial charge is 0.465 e. The van der Waals surface area contributed by atoms with Gasteiger partial charge in [-0.05, 0) is 19.3 Å². The van der Waals surface area contributed by atoms with Crippen molar-refractivity contribution in [3.8, 4) is 0 Å². The Labute approximate surface area is 87.2 Å². The van der Waals surface area contributed by atoms with Crippen molar-refractivity contribution in [2.24, 2.45) is 11.8 Å². The molecular formula is C10H15F2NO2. The second-order valence-electron chi connectivity index (χ2n) is 4.21. The van der Waals surface area contributed by atoms with E-state index in [2.05, 4.69) is 5.32 Å². The van der Waals surface area contributed by atoms with E-state index in [0.717, 1.165) is 0 Å². The van der Waals surface area contributed by atoms with Crippen LogP contribution >= 0.6 is 0 Å². The Morgan fingerprint density at radius 3 is 3.00 bits per heavy atom. The molecule has 2 aliphatic rings. The first-order valence-electron chi connectivity index (χ1n) is 5.34. The highest BCUT2D eigenvalue weighted by atomic mass is 19.3. The minimum absolute atomic E-state index is 0.0973. The first-order chi connectivity index (χ1) is 7.06. The minimum atomic E-state index is -2.61. The van der Waals surface area contributed by atoms with Crippen molar-refractivity contribution in [2.45, 2.75) is 31.7 Å². The predicted octanol–water partition coefficient (Wildman–Crippen LogP) is 1.18. The number of alkyl halides is 2. The Morgan fingerprint density at radius 2 is 2.33 bits per heavy atom. The fraction of sp³-hybridized carbons (Fsp3) is 0.900. The first kappa shape index (κ1) is 10.8. The lowest BCUT2D eigenvalue weighted by atomic mass is 9.93. The van der Waals surface area contributed by atoms with Gasteiger partial charge in [-0.15, -0.1) is 0 Å². The molecule has 0 bridgehead atoms. The van der Waals surface area contributed by atoms with Gasteiger partial charge in [0.05, 0.1) is 6.61 Å². The monoisotopic (exact) mass is 219 g/mol. The van der Waals surface area contributed by atoms with E-state index in [0.29, 0.717) is 13.0 Å². The van der Waals surface area contributed by atoms with Crippen LogP contribution in [0.1, 0.15) is 19.8 Å². The van der Waals surface area contributed by atoms with Crippen molar-refractivity contribution in [1.82, 2.24) is 5.32 Å². The molecule has 1 aliphatic heterocycles. The number of fused-ring (bicyclic) bond motifs is 1. The summed E-state index contributed by atoms with van der Waals surface area (Å²) in [7, 11) is 0. The third kappa shape index (κ3) is 1.73. The molecule has 86 valence electrons. The number of carbonyl (C=O) groups is 1. The van der Waals surface area contributed by atoms with Crippen molar-refractivity contribution in [2.75, 3.05) is 13.2 Å². The van der Waals surface area contributed by atoms with Gasteiger partial charge in [0, 0.05) is 18.9 Å². The molecule has 0 aromatic heterocycles. The van der Waals surface area contributed by atoms with Crippen LogP contribution in [0.3, 0.4) is 0 Å². The Hall–Kier alpha value is -0.710. The number of rotatable bonds is 2. The third-order valence-corrected chi connectivity index (χ3v) is 3.40. The Kier molecular flexibility index (Phi) is 2.66. The summed E-state index contributed by atoms with van der Waals surface area (Å²) in [5.74, 6) is -3.94. The van der Waals surface area contributed by atoms with Crippen LogP contribution in [-0.2, 0) is 9.53 Å². The SMILES string of the molecule is CCOC(=O)C1NCC2C1CCC2(F)F. The average Bonchev–Trinajstić information content (AvgIpc) is 2.69. The van der Waals surface area contributed by atoms with Crippen molar-refractivity contribution in [3.63, 3.8) is 0 Å². The number of hydrogen-bond acceptors (Lipinski definition) is 3. The van der Waals surface area contributed by atoms with Crippen LogP contribution < -0.4 is 5.32 Å². The van der Waals surface area contributed by atoms with E-state index in [4.69, 9.17) is 4.74 Å². The number of carbonyl (C=O) groups excluding carboxylic acids is 1. The smallest absolute Gasteiger partial charge is 0.323 e. The minimum Gasteiger partial charge on any atom is -0.465 e. The van der Waals surface area contributed by atoms with Gasteiger partial charge in [-0.25, -0.2) is 8.78 Å². The van der Waals surface area contributed by atoms with Gasteiger partial charge in [0.1, 0.15) is 6.04 Å². The number of halogens is 2. The number of ether oxygens (including phenoxy) is 1. The van der Waals surface area contributed by atoms with Gasteiger partial charge in [0.15, 0.2) is 0 Å². The zero-order valence-corrected chi connectivity index (χ0v) is 8.63. The van der Waals surface area contributed by atoms with E-state index in [1.165, 1.54) is 0 Å². The van der Waals surface area contributed by atoms with Gasteiger partial charge in [-0.1, -0.05) is 0 Å². The number of hydrogen-bond donors (Lipinski definition) is 1. The fourth-order valence-electron chi connectivity index (χ4n) is 2.65. The van der Waals surface area contributed by atoms with Crippen LogP contribution in [0.5, 0.6) is 0 Å². The molecule has 15 heavy (non-hydrogen) atoms. The van der Waals surface area contributed by atoms with E-state index in [-0.39, 0.29) is 24.9 Å². The van der Waals surface area contributed by atoms with Crippen LogP contribution in [0.4, 0.5) is 8.78 Å². The maximum Gasteiger partial charge on any atom is 0.323 e. The Morgan fingerprint density at radius 1 is 1.60 bits per heavy atom. The molecular weight excluding hydrogens is 204 g/mol. The summed E-state index contributed by atoms with van der Waals surface area (Å²) in [6.07, 6.45) is 0.314. The van der Waals surface area contributed by atoms with Gasteiger partial charge in [-0.3, -0.25) is 4.79 Å². The average molecular weight is 219 g/mol. The molecule has 1 saturated carbocycles. The van der Waals surface area contributed by atoms with Gasteiger partial charge < -0.3 is 10.1 Å². The number of esters is 1. The fourth-order valence-corrected chi connectivity index (χ4v) is 2.65. The summed E-state index contributed by atoms with van der Waals surface area (Å²) in [4.78, 5) is 11.5. The van der Waals surface area contributed by atoms with Crippen LogP contribution in [0.15, 0.2) is 0 Å². The molecule has 0 spiro atoms. The van der Waals surface area contributed by atoms with Gasteiger partial charge in [-0.2, -0.15) is 0 Å². The van der Waals surface area contributed by atoms with Crippen LogP contribution in [0, 0.1) is 11.8 Å². The lowest BCUT2D eigenvalue weighted by Crippen LogP contribution is -2.37. The highest BCUT2D eigenvalue weighted by Gasteiger charge is 2.57. The van der Waals surface area contributed by atoms with E-state index in [1.54, 1.807) is 6.92 Å². The highest BCUT2D eigenvalue weighted by molar-refractivity contribution is 5.76. The third-order valence-electron chi connectivity index (χ3n) is 3.40. The summed E-state index contributed by atoms with van der Waals surface area (Å²) in [5, 5.41) is 2.84. The molecule has 1 N–H and O–H groups in total.